The van der Waals surface area contributed by atoms with E-state index < -0.39 is 8.03 Å². The Morgan fingerprint density at radius 2 is 1.92 bits per heavy atom. The molecule has 0 radical (unpaired) electrons. The van der Waals surface area contributed by atoms with Crippen molar-refractivity contribution in [3.63, 3.8) is 0 Å². The van der Waals surface area contributed by atoms with E-state index in [4.69, 9.17) is 4.52 Å². The van der Waals surface area contributed by atoms with Gasteiger partial charge in [0.05, 0.1) is 0 Å². The predicted molar refractivity (Wildman–Crippen MR) is 55.2 cm³/mol. The summed E-state index contributed by atoms with van der Waals surface area (Å²) in [6.45, 7) is 2.32. The third kappa shape index (κ3) is 3.47. The fourth-order valence-corrected chi connectivity index (χ4v) is 1.54. The quantitative estimate of drug-likeness (QED) is 0.534. The summed E-state index contributed by atoms with van der Waals surface area (Å²) in [6.07, 6.45) is 0. The molecule has 0 saturated carbocycles. The zero-order chi connectivity index (χ0) is 8.10. The lowest BCUT2D eigenvalue weighted by atomic mass is 10.4. The first kappa shape index (κ1) is 11.8. The van der Waals surface area contributed by atoms with Gasteiger partial charge in [-0.2, -0.15) is 0 Å². The molecule has 0 amide bonds. The van der Waals surface area contributed by atoms with Crippen molar-refractivity contribution in [2.75, 3.05) is 6.61 Å². The van der Waals surface area contributed by atoms with Crippen LogP contribution in [0.2, 0.25) is 0 Å². The number of hydrogen-bond donors (Lipinski definition) is 0. The van der Waals surface area contributed by atoms with E-state index in [1.807, 2.05) is 25.1 Å². The first-order valence-corrected chi connectivity index (χ1v) is 4.67. The van der Waals surface area contributed by atoms with Crippen molar-refractivity contribution in [3.05, 3.63) is 30.3 Å². The second-order valence-corrected chi connectivity index (χ2v) is 3.30. The van der Waals surface area contributed by atoms with Gasteiger partial charge >= 0.3 is 8.03 Å². The average Bonchev–Trinajstić information content (AvgIpc) is 2.07. The third-order valence-corrected chi connectivity index (χ3v) is 2.43. The molecule has 0 spiro atoms. The summed E-state index contributed by atoms with van der Waals surface area (Å²) in [5.74, 6) is 0. The molecule has 4 heteroatoms. The average molecular weight is 199 g/mol. The Morgan fingerprint density at radius 1 is 1.33 bits per heavy atom. The van der Waals surface area contributed by atoms with Crippen molar-refractivity contribution in [1.82, 2.24) is 0 Å². The summed E-state index contributed by atoms with van der Waals surface area (Å²) >= 11 is 0. The molecule has 0 saturated heterocycles. The highest BCUT2D eigenvalue weighted by atomic mass is 31.1. The number of hydrogen-bond acceptors (Lipinski definition) is 2. The van der Waals surface area contributed by atoms with E-state index in [2.05, 4.69) is 0 Å². The molecule has 12 heavy (non-hydrogen) atoms. The summed E-state index contributed by atoms with van der Waals surface area (Å²) in [6, 6.07) is 9.19. The molecule has 1 rings (SSSR count). The maximum atomic E-state index is 11.2. The molecule has 0 aromatic heterocycles. The van der Waals surface area contributed by atoms with Crippen LogP contribution in [0.25, 0.3) is 0 Å². The van der Waals surface area contributed by atoms with Crippen LogP contribution in [0.3, 0.4) is 0 Å². The Labute approximate surface area is 83.9 Å². The molecule has 0 N–H and O–H groups in total. The van der Waals surface area contributed by atoms with Crippen molar-refractivity contribution < 1.29 is 9.09 Å². The largest absolute Gasteiger partial charge is 0.548 e. The van der Waals surface area contributed by atoms with Gasteiger partial charge in [0.1, 0.15) is 6.61 Å². The molecule has 1 aromatic rings. The monoisotopic (exact) mass is 199 g/mol. The predicted octanol–water partition coefficient (Wildman–Crippen LogP) is 0.907. The van der Waals surface area contributed by atoms with E-state index in [0.29, 0.717) is 6.61 Å². The third-order valence-electron chi connectivity index (χ3n) is 1.21. The standard InChI is InChI=1S/C8H10O2P.Al.3H/c1-2-10-11(9)8-6-4-3-5-7-8;;;;/h3-7H,2H2,1H3;;;;/q+1;;;;. The van der Waals surface area contributed by atoms with Crippen molar-refractivity contribution in [1.29, 1.82) is 0 Å². The maximum Gasteiger partial charge on any atom is 0.548 e. The van der Waals surface area contributed by atoms with E-state index in [0.717, 1.165) is 5.30 Å². The molecule has 0 aliphatic carbocycles. The van der Waals surface area contributed by atoms with Gasteiger partial charge in [0.15, 0.2) is 17.4 Å². The molecule has 64 valence electrons. The van der Waals surface area contributed by atoms with Crippen LogP contribution in [0.4, 0.5) is 0 Å². The molecule has 0 bridgehead atoms. The summed E-state index contributed by atoms with van der Waals surface area (Å²) in [4.78, 5) is 0. The van der Waals surface area contributed by atoms with E-state index in [1.54, 1.807) is 12.1 Å². The van der Waals surface area contributed by atoms with Crippen molar-refractivity contribution in [2.45, 2.75) is 6.92 Å². The van der Waals surface area contributed by atoms with Crippen LogP contribution in [-0.4, -0.2) is 24.0 Å². The minimum atomic E-state index is -1.63. The molecule has 0 aliphatic heterocycles. The first-order chi connectivity index (χ1) is 5.34. The van der Waals surface area contributed by atoms with E-state index in [-0.39, 0.29) is 17.4 Å². The summed E-state index contributed by atoms with van der Waals surface area (Å²) in [7, 11) is -1.63. The van der Waals surface area contributed by atoms with Crippen LogP contribution in [0.5, 0.6) is 0 Å². The highest BCUT2D eigenvalue weighted by Gasteiger charge is 2.19. The van der Waals surface area contributed by atoms with E-state index in [1.165, 1.54) is 0 Å². The van der Waals surface area contributed by atoms with Gasteiger partial charge in [-0.25, -0.2) is 0 Å². The Bertz CT molecular complexity index is 238. The summed E-state index contributed by atoms with van der Waals surface area (Å²) in [5, 5.41) is 0.754. The lowest BCUT2D eigenvalue weighted by Gasteiger charge is -1.83. The Balaban J connectivity index is 0.00000121. The lowest BCUT2D eigenvalue weighted by Crippen LogP contribution is -1.95. The topological polar surface area (TPSA) is 26.3 Å². The highest BCUT2D eigenvalue weighted by Crippen LogP contribution is 2.19. The zero-order valence-corrected chi connectivity index (χ0v) is 7.25. The van der Waals surface area contributed by atoms with Gasteiger partial charge in [-0.3, -0.25) is 0 Å². The SMILES string of the molecule is CCO[P+](=O)c1ccccc1.[AlH3]. The molecule has 1 atom stereocenters. The fourth-order valence-electron chi connectivity index (χ4n) is 0.742. The fraction of sp³-hybridized carbons (Fsp3) is 0.250. The van der Waals surface area contributed by atoms with Crippen LogP contribution in [-0.2, 0) is 9.09 Å². The molecule has 0 fully saturated rings. The van der Waals surface area contributed by atoms with Crippen LogP contribution < -0.4 is 5.30 Å². The molecular formula is C8H13AlO2P+. The van der Waals surface area contributed by atoms with Gasteiger partial charge in [0.25, 0.3) is 0 Å². The minimum Gasteiger partial charge on any atom is -0.142 e. The van der Waals surface area contributed by atoms with Gasteiger partial charge in [-0.05, 0) is 23.6 Å². The summed E-state index contributed by atoms with van der Waals surface area (Å²) in [5.41, 5.74) is 0. The number of benzene rings is 1. The Hall–Kier alpha value is -0.188. The summed E-state index contributed by atoms with van der Waals surface area (Å²) < 4.78 is 16.1. The van der Waals surface area contributed by atoms with Crippen LogP contribution in [0, 0.1) is 0 Å². The van der Waals surface area contributed by atoms with Crippen LogP contribution >= 0.6 is 8.03 Å². The number of rotatable bonds is 3. The molecule has 1 aromatic carbocycles. The Kier molecular flexibility index (Phi) is 6.24. The van der Waals surface area contributed by atoms with Gasteiger partial charge in [0, 0.05) is 0 Å². The normalized spacial score (nSPS) is 10.2. The molecule has 2 nitrogen and oxygen atoms in total. The van der Waals surface area contributed by atoms with Gasteiger partial charge in [0.2, 0.25) is 5.30 Å². The van der Waals surface area contributed by atoms with Crippen molar-refractivity contribution in [2.24, 2.45) is 0 Å². The second-order valence-electron chi connectivity index (χ2n) is 2.01. The van der Waals surface area contributed by atoms with Gasteiger partial charge < -0.3 is 0 Å². The first-order valence-electron chi connectivity index (χ1n) is 3.50. The van der Waals surface area contributed by atoms with Crippen molar-refractivity contribution in [3.8, 4) is 0 Å². The highest BCUT2D eigenvalue weighted by molar-refractivity contribution is 7.48. The molecular weight excluding hydrogens is 186 g/mol. The van der Waals surface area contributed by atoms with E-state index in [9.17, 15) is 4.57 Å². The molecule has 1 unspecified atom stereocenters. The van der Waals surface area contributed by atoms with Gasteiger partial charge in [-0.15, -0.1) is 4.52 Å². The lowest BCUT2D eigenvalue weighted by molar-refractivity contribution is 0.357. The van der Waals surface area contributed by atoms with Crippen LogP contribution in [0.15, 0.2) is 30.3 Å². The van der Waals surface area contributed by atoms with Crippen LogP contribution in [0.1, 0.15) is 6.92 Å². The minimum absolute atomic E-state index is 0. The maximum absolute atomic E-state index is 11.2. The van der Waals surface area contributed by atoms with E-state index >= 15 is 0 Å². The Morgan fingerprint density at radius 3 is 2.42 bits per heavy atom. The molecule has 0 heterocycles. The van der Waals surface area contributed by atoms with Gasteiger partial charge in [-0.1, -0.05) is 18.2 Å². The second kappa shape index (κ2) is 6.34. The zero-order valence-electron chi connectivity index (χ0n) is 6.36. The molecule has 0 aliphatic rings. The van der Waals surface area contributed by atoms with Crippen molar-refractivity contribution >= 4 is 30.7 Å². The smallest absolute Gasteiger partial charge is 0.142 e.